The van der Waals surface area contributed by atoms with E-state index in [9.17, 15) is 4.79 Å². The second-order valence-electron chi connectivity index (χ2n) is 4.57. The van der Waals surface area contributed by atoms with Crippen molar-refractivity contribution in [1.29, 1.82) is 0 Å². The second kappa shape index (κ2) is 2.83. The lowest BCUT2D eigenvalue weighted by Gasteiger charge is -2.20. The van der Waals surface area contributed by atoms with E-state index in [0.29, 0.717) is 0 Å². The third-order valence-electron chi connectivity index (χ3n) is 3.59. The highest BCUT2D eigenvalue weighted by atomic mass is 16.2. The highest BCUT2D eigenvalue weighted by Crippen LogP contribution is 2.43. The highest BCUT2D eigenvalue weighted by Gasteiger charge is 2.49. The number of hydrogen-bond donors (Lipinski definition) is 1. The zero-order chi connectivity index (χ0) is 10.5. The number of amides is 1. The number of likely N-dealkylation sites (tertiary alicyclic amines) is 1. The normalized spacial score (nSPS) is 29.5. The summed E-state index contributed by atoms with van der Waals surface area (Å²) >= 11 is 0. The van der Waals surface area contributed by atoms with E-state index >= 15 is 0 Å². The molecular formula is C12H14N2O. The fourth-order valence-electron chi connectivity index (χ4n) is 2.78. The number of benzene rings is 1. The fraction of sp³-hybridized carbons (Fsp3) is 0.417. The maximum Gasteiger partial charge on any atom is 0.236 e. The van der Waals surface area contributed by atoms with Crippen LogP contribution in [-0.2, 0) is 10.2 Å². The van der Waals surface area contributed by atoms with Crippen LogP contribution in [0.25, 0.3) is 0 Å². The van der Waals surface area contributed by atoms with Crippen LogP contribution in [0.4, 0.5) is 5.69 Å². The minimum atomic E-state index is -0.272. The Balaban J connectivity index is 2.13. The van der Waals surface area contributed by atoms with Crippen LogP contribution in [-0.4, -0.2) is 30.9 Å². The number of anilines is 1. The summed E-state index contributed by atoms with van der Waals surface area (Å²) in [5, 5.41) is 2.99. The molecule has 1 amide bonds. The van der Waals surface area contributed by atoms with Gasteiger partial charge in [-0.05, 0) is 31.6 Å². The molecule has 0 bridgehead atoms. The van der Waals surface area contributed by atoms with E-state index in [1.54, 1.807) is 0 Å². The van der Waals surface area contributed by atoms with Crippen molar-refractivity contribution >= 4 is 11.6 Å². The molecule has 1 atom stereocenters. The van der Waals surface area contributed by atoms with Crippen molar-refractivity contribution in [3.05, 3.63) is 29.8 Å². The summed E-state index contributed by atoms with van der Waals surface area (Å²) in [6.07, 6.45) is 0.937. The number of nitrogens with zero attached hydrogens (tertiary/aromatic N) is 1. The fourth-order valence-corrected chi connectivity index (χ4v) is 2.78. The van der Waals surface area contributed by atoms with E-state index in [1.165, 1.54) is 5.56 Å². The molecule has 1 fully saturated rings. The molecule has 2 aliphatic heterocycles. The Hall–Kier alpha value is -1.35. The Bertz CT molecular complexity index is 429. The Kier molecular flexibility index (Phi) is 1.68. The van der Waals surface area contributed by atoms with Crippen molar-refractivity contribution in [2.75, 3.05) is 25.5 Å². The van der Waals surface area contributed by atoms with Crippen LogP contribution >= 0.6 is 0 Å². The standard InChI is InChI=1S/C12H14N2O/c1-14-7-6-12(8-14)9-4-2-3-5-10(9)13-11(12)15/h2-5H,6-8H2,1H3,(H,13,15)/t12-/m1/s1. The van der Waals surface area contributed by atoms with Crippen LogP contribution in [0.15, 0.2) is 24.3 Å². The van der Waals surface area contributed by atoms with Gasteiger partial charge in [0.05, 0.1) is 5.41 Å². The molecule has 2 heterocycles. The van der Waals surface area contributed by atoms with E-state index in [2.05, 4.69) is 23.3 Å². The van der Waals surface area contributed by atoms with Crippen molar-refractivity contribution in [1.82, 2.24) is 4.90 Å². The summed E-state index contributed by atoms with van der Waals surface area (Å²) < 4.78 is 0. The first-order valence-electron chi connectivity index (χ1n) is 5.32. The number of carbonyl (C=O) groups is 1. The minimum Gasteiger partial charge on any atom is -0.325 e. The maximum absolute atomic E-state index is 12.1. The number of likely N-dealkylation sites (N-methyl/N-ethyl adjacent to an activating group) is 1. The van der Waals surface area contributed by atoms with Gasteiger partial charge in [0, 0.05) is 12.2 Å². The van der Waals surface area contributed by atoms with Gasteiger partial charge < -0.3 is 10.2 Å². The van der Waals surface area contributed by atoms with Crippen molar-refractivity contribution in [3.8, 4) is 0 Å². The van der Waals surface area contributed by atoms with Crippen LogP contribution < -0.4 is 5.32 Å². The largest absolute Gasteiger partial charge is 0.325 e. The Labute approximate surface area is 89.1 Å². The Morgan fingerprint density at radius 3 is 2.93 bits per heavy atom. The number of carbonyl (C=O) groups excluding carboxylic acids is 1. The van der Waals surface area contributed by atoms with Crippen LogP contribution in [0.1, 0.15) is 12.0 Å². The number of fused-ring (bicyclic) bond motifs is 2. The molecule has 0 aliphatic carbocycles. The van der Waals surface area contributed by atoms with Gasteiger partial charge in [-0.2, -0.15) is 0 Å². The van der Waals surface area contributed by atoms with Gasteiger partial charge in [-0.3, -0.25) is 4.79 Å². The predicted octanol–water partition coefficient (Wildman–Crippen LogP) is 1.21. The van der Waals surface area contributed by atoms with Crippen molar-refractivity contribution in [3.63, 3.8) is 0 Å². The van der Waals surface area contributed by atoms with E-state index in [1.807, 2.05) is 18.2 Å². The number of nitrogens with one attached hydrogen (secondary N) is 1. The van der Waals surface area contributed by atoms with Gasteiger partial charge in [-0.1, -0.05) is 18.2 Å². The van der Waals surface area contributed by atoms with E-state index in [0.717, 1.165) is 25.2 Å². The van der Waals surface area contributed by atoms with E-state index in [4.69, 9.17) is 0 Å². The first-order valence-corrected chi connectivity index (χ1v) is 5.32. The average Bonchev–Trinajstić information content (AvgIpc) is 2.73. The van der Waals surface area contributed by atoms with Crippen LogP contribution in [0, 0.1) is 0 Å². The van der Waals surface area contributed by atoms with Gasteiger partial charge in [-0.25, -0.2) is 0 Å². The molecule has 3 nitrogen and oxygen atoms in total. The monoisotopic (exact) mass is 202 g/mol. The van der Waals surface area contributed by atoms with Crippen LogP contribution in [0.3, 0.4) is 0 Å². The predicted molar refractivity (Wildman–Crippen MR) is 58.9 cm³/mol. The molecule has 0 saturated carbocycles. The zero-order valence-corrected chi connectivity index (χ0v) is 8.79. The second-order valence-corrected chi connectivity index (χ2v) is 4.57. The molecule has 3 heteroatoms. The summed E-state index contributed by atoms with van der Waals surface area (Å²) in [6, 6.07) is 8.04. The molecule has 0 aromatic heterocycles. The van der Waals surface area contributed by atoms with Gasteiger partial charge in [0.1, 0.15) is 0 Å². The molecule has 78 valence electrons. The smallest absolute Gasteiger partial charge is 0.236 e. The summed E-state index contributed by atoms with van der Waals surface area (Å²) in [6.45, 7) is 1.84. The summed E-state index contributed by atoms with van der Waals surface area (Å²) in [4.78, 5) is 14.3. The number of para-hydroxylation sites is 1. The summed E-state index contributed by atoms with van der Waals surface area (Å²) in [5.41, 5.74) is 1.91. The molecule has 1 spiro atoms. The van der Waals surface area contributed by atoms with Crippen LogP contribution in [0.2, 0.25) is 0 Å². The van der Waals surface area contributed by atoms with Gasteiger partial charge >= 0.3 is 0 Å². The lowest BCUT2D eigenvalue weighted by atomic mass is 9.81. The SMILES string of the molecule is CN1CC[C@]2(C1)C(=O)Nc1ccccc12. The molecular weight excluding hydrogens is 188 g/mol. The summed E-state index contributed by atoms with van der Waals surface area (Å²) in [5.74, 6) is 0.174. The third-order valence-corrected chi connectivity index (χ3v) is 3.59. The average molecular weight is 202 g/mol. The molecule has 3 rings (SSSR count). The first kappa shape index (κ1) is 8.92. The Morgan fingerprint density at radius 1 is 1.40 bits per heavy atom. The first-order chi connectivity index (χ1) is 7.22. The molecule has 1 saturated heterocycles. The molecule has 1 aromatic rings. The quantitative estimate of drug-likeness (QED) is 0.686. The van der Waals surface area contributed by atoms with Crippen molar-refractivity contribution < 1.29 is 4.79 Å². The van der Waals surface area contributed by atoms with E-state index < -0.39 is 0 Å². The van der Waals surface area contributed by atoms with Crippen LogP contribution in [0.5, 0.6) is 0 Å². The topological polar surface area (TPSA) is 32.3 Å². The molecule has 15 heavy (non-hydrogen) atoms. The van der Waals surface area contributed by atoms with E-state index in [-0.39, 0.29) is 11.3 Å². The minimum absolute atomic E-state index is 0.174. The molecule has 1 N–H and O–H groups in total. The van der Waals surface area contributed by atoms with Gasteiger partial charge in [0.15, 0.2) is 0 Å². The lowest BCUT2D eigenvalue weighted by Crippen LogP contribution is -2.36. The maximum atomic E-state index is 12.1. The molecule has 0 radical (unpaired) electrons. The highest BCUT2D eigenvalue weighted by molar-refractivity contribution is 6.06. The Morgan fingerprint density at radius 2 is 2.20 bits per heavy atom. The van der Waals surface area contributed by atoms with Crippen molar-refractivity contribution in [2.24, 2.45) is 0 Å². The molecule has 1 aromatic carbocycles. The third kappa shape index (κ3) is 1.07. The van der Waals surface area contributed by atoms with Gasteiger partial charge in [-0.15, -0.1) is 0 Å². The van der Waals surface area contributed by atoms with Gasteiger partial charge in [0.2, 0.25) is 5.91 Å². The lowest BCUT2D eigenvalue weighted by molar-refractivity contribution is -0.120. The summed E-state index contributed by atoms with van der Waals surface area (Å²) in [7, 11) is 2.07. The zero-order valence-electron chi connectivity index (χ0n) is 8.79. The van der Waals surface area contributed by atoms with Gasteiger partial charge in [0.25, 0.3) is 0 Å². The number of hydrogen-bond acceptors (Lipinski definition) is 2. The number of rotatable bonds is 0. The molecule has 2 aliphatic rings. The molecule has 0 unspecified atom stereocenters. The van der Waals surface area contributed by atoms with Crippen molar-refractivity contribution in [2.45, 2.75) is 11.8 Å².